The van der Waals surface area contributed by atoms with Crippen molar-refractivity contribution in [2.45, 2.75) is 72.3 Å². The Morgan fingerprint density at radius 1 is 0.960 bits per heavy atom. The molecule has 5 heteroatoms. The van der Waals surface area contributed by atoms with Gasteiger partial charge in [-0.15, -0.1) is 0 Å². The fraction of sp³-hybridized carbons (Fsp3) is 0.950. The Morgan fingerprint density at radius 2 is 1.68 bits per heavy atom. The summed E-state index contributed by atoms with van der Waals surface area (Å²) in [6.45, 7) is 18.1. The average Bonchev–Trinajstić information content (AvgIpc) is 2.62. The number of aliphatic imine (C=N–C) groups is 1. The van der Waals surface area contributed by atoms with Gasteiger partial charge < -0.3 is 20.4 Å². The molecule has 0 aromatic carbocycles. The molecular formula is C20H43N5. The van der Waals surface area contributed by atoms with Gasteiger partial charge in [-0.25, -0.2) is 0 Å². The summed E-state index contributed by atoms with van der Waals surface area (Å²) < 4.78 is 0. The van der Waals surface area contributed by atoms with Gasteiger partial charge in [0.25, 0.3) is 0 Å². The second-order valence-electron chi connectivity index (χ2n) is 7.28. The fourth-order valence-electron chi connectivity index (χ4n) is 3.29. The average molecular weight is 354 g/mol. The van der Waals surface area contributed by atoms with E-state index < -0.39 is 0 Å². The maximum Gasteiger partial charge on any atom is 0.191 e. The molecule has 1 saturated heterocycles. The van der Waals surface area contributed by atoms with Crippen LogP contribution in [0.3, 0.4) is 0 Å². The number of hydrogen-bond acceptors (Lipinski definition) is 3. The van der Waals surface area contributed by atoms with E-state index in [9.17, 15) is 0 Å². The van der Waals surface area contributed by atoms with E-state index in [0.717, 1.165) is 19.0 Å². The van der Waals surface area contributed by atoms with Crippen LogP contribution >= 0.6 is 0 Å². The normalized spacial score (nSPS) is 18.3. The quantitative estimate of drug-likeness (QED) is 0.322. The topological polar surface area (TPSA) is 42.9 Å². The number of hydrogen-bond donors (Lipinski definition) is 2. The molecule has 148 valence electrons. The predicted molar refractivity (Wildman–Crippen MR) is 111 cm³/mol. The van der Waals surface area contributed by atoms with E-state index in [2.05, 4.69) is 48.1 Å². The monoisotopic (exact) mass is 353 g/mol. The lowest BCUT2D eigenvalue weighted by molar-refractivity contribution is 0.136. The summed E-state index contributed by atoms with van der Waals surface area (Å²) in [5, 5.41) is 6.93. The first-order valence-corrected chi connectivity index (χ1v) is 10.7. The Labute approximate surface area is 156 Å². The van der Waals surface area contributed by atoms with Crippen LogP contribution in [0.2, 0.25) is 0 Å². The molecule has 1 unspecified atom stereocenters. The molecule has 0 radical (unpaired) electrons. The van der Waals surface area contributed by atoms with Gasteiger partial charge in [0.15, 0.2) is 5.96 Å². The summed E-state index contributed by atoms with van der Waals surface area (Å²) >= 11 is 0. The first-order valence-electron chi connectivity index (χ1n) is 10.7. The summed E-state index contributed by atoms with van der Waals surface area (Å²) in [6.07, 6.45) is 7.56. The maximum atomic E-state index is 4.76. The van der Waals surface area contributed by atoms with Crippen molar-refractivity contribution >= 4 is 5.96 Å². The molecule has 0 saturated carbocycles. The van der Waals surface area contributed by atoms with E-state index in [1.165, 1.54) is 77.8 Å². The molecular weight excluding hydrogens is 310 g/mol. The molecule has 1 fully saturated rings. The fourth-order valence-corrected chi connectivity index (χ4v) is 3.29. The molecule has 0 amide bonds. The van der Waals surface area contributed by atoms with Crippen LogP contribution < -0.4 is 10.6 Å². The second kappa shape index (κ2) is 14.4. The zero-order valence-corrected chi connectivity index (χ0v) is 17.3. The number of piperazine rings is 1. The van der Waals surface area contributed by atoms with Gasteiger partial charge in [-0.05, 0) is 46.2 Å². The molecule has 0 aromatic heterocycles. The molecule has 1 aliphatic heterocycles. The van der Waals surface area contributed by atoms with Crippen molar-refractivity contribution in [1.29, 1.82) is 0 Å². The summed E-state index contributed by atoms with van der Waals surface area (Å²) in [5.41, 5.74) is 0. The van der Waals surface area contributed by atoms with Gasteiger partial charge in [0.2, 0.25) is 0 Å². The van der Waals surface area contributed by atoms with Crippen LogP contribution in [0.15, 0.2) is 4.99 Å². The molecule has 0 bridgehead atoms. The van der Waals surface area contributed by atoms with E-state index in [1.807, 2.05) is 0 Å². The minimum Gasteiger partial charge on any atom is -0.357 e. The number of guanidine groups is 1. The summed E-state index contributed by atoms with van der Waals surface area (Å²) in [5.74, 6) is 0.989. The molecule has 1 heterocycles. The van der Waals surface area contributed by atoms with Crippen LogP contribution in [0.4, 0.5) is 0 Å². The third-order valence-electron chi connectivity index (χ3n) is 5.03. The van der Waals surface area contributed by atoms with Crippen LogP contribution in [0.5, 0.6) is 0 Å². The summed E-state index contributed by atoms with van der Waals surface area (Å²) in [6, 6.07) is 0.499. The van der Waals surface area contributed by atoms with E-state index in [1.54, 1.807) is 0 Å². The Balaban J connectivity index is 2.17. The van der Waals surface area contributed by atoms with Crippen molar-refractivity contribution in [3.05, 3.63) is 0 Å². The standard InChI is InChI=1S/C20H43N5/c1-5-8-9-12-19(4)23-20(21-6-2)22-13-10-11-14-25-17-15-24(7-3)16-18-25/h19H,5-18H2,1-4H3,(H2,21,22,23). The molecule has 5 nitrogen and oxygen atoms in total. The largest absolute Gasteiger partial charge is 0.357 e. The third-order valence-corrected chi connectivity index (χ3v) is 5.03. The smallest absolute Gasteiger partial charge is 0.191 e. The van der Waals surface area contributed by atoms with Gasteiger partial charge in [0.05, 0.1) is 0 Å². The van der Waals surface area contributed by atoms with E-state index >= 15 is 0 Å². The highest BCUT2D eigenvalue weighted by atomic mass is 15.3. The summed E-state index contributed by atoms with van der Waals surface area (Å²) in [4.78, 5) is 9.90. The number of likely N-dealkylation sites (N-methyl/N-ethyl adjacent to an activating group) is 1. The lowest BCUT2D eigenvalue weighted by Crippen LogP contribution is -2.46. The molecule has 0 aromatic rings. The lowest BCUT2D eigenvalue weighted by atomic mass is 10.1. The summed E-state index contributed by atoms with van der Waals surface area (Å²) in [7, 11) is 0. The van der Waals surface area contributed by atoms with Crippen molar-refractivity contribution in [2.75, 3.05) is 52.4 Å². The zero-order valence-electron chi connectivity index (χ0n) is 17.3. The third kappa shape index (κ3) is 10.7. The van der Waals surface area contributed by atoms with Crippen molar-refractivity contribution < 1.29 is 0 Å². The van der Waals surface area contributed by atoms with E-state index in [-0.39, 0.29) is 0 Å². The minimum atomic E-state index is 0.499. The van der Waals surface area contributed by atoms with Crippen LogP contribution in [-0.2, 0) is 0 Å². The van der Waals surface area contributed by atoms with Crippen LogP contribution in [0.25, 0.3) is 0 Å². The lowest BCUT2D eigenvalue weighted by Gasteiger charge is -2.33. The number of nitrogens with one attached hydrogen (secondary N) is 2. The van der Waals surface area contributed by atoms with Crippen LogP contribution in [0.1, 0.15) is 66.2 Å². The van der Waals surface area contributed by atoms with Crippen molar-refractivity contribution in [3.8, 4) is 0 Å². The number of nitrogens with zero attached hydrogens (tertiary/aromatic N) is 3. The van der Waals surface area contributed by atoms with Crippen molar-refractivity contribution in [1.82, 2.24) is 20.4 Å². The highest BCUT2D eigenvalue weighted by Crippen LogP contribution is 2.04. The first kappa shape index (κ1) is 22.2. The Kier molecular flexibility index (Phi) is 12.8. The molecule has 0 aliphatic carbocycles. The Morgan fingerprint density at radius 3 is 2.32 bits per heavy atom. The minimum absolute atomic E-state index is 0.499. The second-order valence-corrected chi connectivity index (χ2v) is 7.28. The molecule has 1 rings (SSSR count). The number of rotatable bonds is 12. The zero-order chi connectivity index (χ0) is 18.3. The first-order chi connectivity index (χ1) is 12.2. The molecule has 0 spiro atoms. The van der Waals surface area contributed by atoms with Crippen molar-refractivity contribution in [3.63, 3.8) is 0 Å². The Bertz CT molecular complexity index is 337. The highest BCUT2D eigenvalue weighted by Gasteiger charge is 2.14. The van der Waals surface area contributed by atoms with Gasteiger partial charge in [-0.1, -0.05) is 33.1 Å². The van der Waals surface area contributed by atoms with Gasteiger partial charge >= 0.3 is 0 Å². The Hall–Kier alpha value is -0.810. The molecule has 2 N–H and O–H groups in total. The molecule has 1 atom stereocenters. The van der Waals surface area contributed by atoms with E-state index in [4.69, 9.17) is 4.99 Å². The van der Waals surface area contributed by atoms with E-state index in [0.29, 0.717) is 6.04 Å². The van der Waals surface area contributed by atoms with Gasteiger partial charge in [0, 0.05) is 45.3 Å². The van der Waals surface area contributed by atoms with Gasteiger partial charge in [-0.3, -0.25) is 4.99 Å². The van der Waals surface area contributed by atoms with Crippen molar-refractivity contribution in [2.24, 2.45) is 4.99 Å². The highest BCUT2D eigenvalue weighted by molar-refractivity contribution is 5.79. The van der Waals surface area contributed by atoms with Crippen LogP contribution in [0, 0.1) is 0 Å². The maximum absolute atomic E-state index is 4.76. The van der Waals surface area contributed by atoms with Gasteiger partial charge in [0.1, 0.15) is 0 Å². The van der Waals surface area contributed by atoms with Gasteiger partial charge in [-0.2, -0.15) is 0 Å². The number of unbranched alkanes of at least 4 members (excludes halogenated alkanes) is 3. The molecule has 25 heavy (non-hydrogen) atoms. The predicted octanol–water partition coefficient (Wildman–Crippen LogP) is 2.93. The van der Waals surface area contributed by atoms with Crippen LogP contribution in [-0.4, -0.2) is 74.2 Å². The molecule has 1 aliphatic rings. The SMILES string of the molecule is CCCCCC(C)NC(=NCCCCN1CCN(CC)CC1)NCC.